The maximum absolute atomic E-state index is 12.7. The summed E-state index contributed by atoms with van der Waals surface area (Å²) in [5.41, 5.74) is -0.0361. The molecular formula is C21H21N3O7S. The van der Waals surface area contributed by atoms with E-state index in [2.05, 4.69) is 15.2 Å². The van der Waals surface area contributed by atoms with E-state index in [4.69, 9.17) is 14.0 Å². The van der Waals surface area contributed by atoms with Crippen LogP contribution in [0.5, 0.6) is 5.75 Å². The van der Waals surface area contributed by atoms with Gasteiger partial charge in [0.05, 0.1) is 22.8 Å². The first-order valence-corrected chi connectivity index (χ1v) is 11.0. The summed E-state index contributed by atoms with van der Waals surface area (Å²) in [6.07, 6.45) is 0. The minimum Gasteiger partial charge on any atom is -0.494 e. The minimum atomic E-state index is -3.98. The normalized spacial score (nSPS) is 10.9. The number of esters is 1. The lowest BCUT2D eigenvalue weighted by Crippen LogP contribution is -2.22. The molecule has 0 saturated carbocycles. The standard InChI is InChI=1S/C21H21N3O7S/c1-3-29-15-8-10-16(11-9-15)32(27,28)24-18-7-5-4-6-17(18)21(26)30-13-20(25)22-19-12-14(2)31-23-19/h4-12,24H,3,13H2,1-2H3,(H,22,23,25). The van der Waals surface area contributed by atoms with Gasteiger partial charge in [0.25, 0.3) is 15.9 Å². The van der Waals surface area contributed by atoms with Crippen LogP contribution in [0.15, 0.2) is 64.0 Å². The molecule has 1 aromatic heterocycles. The van der Waals surface area contributed by atoms with E-state index in [-0.39, 0.29) is 22.0 Å². The van der Waals surface area contributed by atoms with Gasteiger partial charge >= 0.3 is 5.97 Å². The van der Waals surface area contributed by atoms with Crippen molar-refractivity contribution in [1.82, 2.24) is 5.16 Å². The summed E-state index contributed by atoms with van der Waals surface area (Å²) in [5, 5.41) is 6.02. The number of carbonyl (C=O) groups is 2. The summed E-state index contributed by atoms with van der Waals surface area (Å²) in [4.78, 5) is 24.4. The van der Waals surface area contributed by atoms with Crippen LogP contribution in [0.4, 0.5) is 11.5 Å². The van der Waals surface area contributed by atoms with E-state index >= 15 is 0 Å². The van der Waals surface area contributed by atoms with E-state index in [1.165, 1.54) is 42.5 Å². The summed E-state index contributed by atoms with van der Waals surface area (Å²) >= 11 is 0. The van der Waals surface area contributed by atoms with Gasteiger partial charge in [-0.2, -0.15) is 0 Å². The van der Waals surface area contributed by atoms with Crippen LogP contribution in [0.2, 0.25) is 0 Å². The van der Waals surface area contributed by atoms with E-state index in [1.54, 1.807) is 19.1 Å². The Morgan fingerprint density at radius 3 is 2.47 bits per heavy atom. The van der Waals surface area contributed by atoms with Gasteiger partial charge in [-0.15, -0.1) is 0 Å². The van der Waals surface area contributed by atoms with Crippen molar-refractivity contribution in [1.29, 1.82) is 0 Å². The molecule has 10 nitrogen and oxygen atoms in total. The lowest BCUT2D eigenvalue weighted by molar-refractivity contribution is -0.119. The van der Waals surface area contributed by atoms with Gasteiger partial charge in [0.15, 0.2) is 12.4 Å². The highest BCUT2D eigenvalue weighted by atomic mass is 32.2. The van der Waals surface area contributed by atoms with Gasteiger partial charge < -0.3 is 19.3 Å². The second-order valence-electron chi connectivity index (χ2n) is 6.50. The van der Waals surface area contributed by atoms with Crippen molar-refractivity contribution in [3.05, 3.63) is 65.9 Å². The lowest BCUT2D eigenvalue weighted by Gasteiger charge is -2.12. The number of amides is 1. The smallest absolute Gasteiger partial charge is 0.340 e. The van der Waals surface area contributed by atoms with Crippen LogP contribution in [0.25, 0.3) is 0 Å². The zero-order valence-electron chi connectivity index (χ0n) is 17.3. The lowest BCUT2D eigenvalue weighted by atomic mass is 10.2. The molecular weight excluding hydrogens is 438 g/mol. The number of nitrogens with zero attached hydrogens (tertiary/aromatic N) is 1. The fraction of sp³-hybridized carbons (Fsp3) is 0.190. The molecule has 3 rings (SSSR count). The number of aromatic nitrogens is 1. The van der Waals surface area contributed by atoms with Crippen LogP contribution >= 0.6 is 0 Å². The Labute approximate surface area is 184 Å². The first-order chi connectivity index (χ1) is 15.3. The molecule has 0 aliphatic heterocycles. The van der Waals surface area contributed by atoms with Gasteiger partial charge in [-0.3, -0.25) is 9.52 Å². The number of rotatable bonds is 9. The number of sulfonamides is 1. The molecule has 0 spiro atoms. The van der Waals surface area contributed by atoms with Crippen molar-refractivity contribution >= 4 is 33.4 Å². The van der Waals surface area contributed by atoms with Crippen LogP contribution < -0.4 is 14.8 Å². The van der Waals surface area contributed by atoms with Crippen molar-refractivity contribution in [2.75, 3.05) is 23.3 Å². The fourth-order valence-corrected chi connectivity index (χ4v) is 3.73. The molecule has 0 aliphatic rings. The van der Waals surface area contributed by atoms with E-state index in [1.807, 2.05) is 6.92 Å². The zero-order valence-corrected chi connectivity index (χ0v) is 18.1. The predicted octanol–water partition coefficient (Wildman–Crippen LogP) is 2.98. The summed E-state index contributed by atoms with van der Waals surface area (Å²) in [6.45, 7) is 3.34. The third-order valence-corrected chi connectivity index (χ3v) is 5.45. The van der Waals surface area contributed by atoms with Gasteiger partial charge in [0.1, 0.15) is 11.5 Å². The van der Waals surface area contributed by atoms with Gasteiger partial charge in [-0.1, -0.05) is 17.3 Å². The average Bonchev–Trinajstić information content (AvgIpc) is 3.17. The molecule has 11 heteroatoms. The SMILES string of the molecule is CCOc1ccc(S(=O)(=O)Nc2ccccc2C(=O)OCC(=O)Nc2cc(C)on2)cc1. The summed E-state index contributed by atoms with van der Waals surface area (Å²) < 4.78 is 43.0. The summed E-state index contributed by atoms with van der Waals surface area (Å²) in [7, 11) is -3.98. The highest BCUT2D eigenvalue weighted by Crippen LogP contribution is 2.22. The highest BCUT2D eigenvalue weighted by Gasteiger charge is 2.20. The number of nitrogens with one attached hydrogen (secondary N) is 2. The van der Waals surface area contributed by atoms with Crippen LogP contribution in [0, 0.1) is 6.92 Å². The number of anilines is 2. The largest absolute Gasteiger partial charge is 0.494 e. The van der Waals surface area contributed by atoms with Crippen molar-refractivity contribution in [3.63, 3.8) is 0 Å². The monoisotopic (exact) mass is 459 g/mol. The number of carbonyl (C=O) groups excluding carboxylic acids is 2. The second kappa shape index (κ2) is 9.96. The first-order valence-electron chi connectivity index (χ1n) is 9.53. The van der Waals surface area contributed by atoms with Crippen molar-refractivity contribution in [2.45, 2.75) is 18.7 Å². The Morgan fingerprint density at radius 1 is 1.09 bits per heavy atom. The molecule has 1 heterocycles. The Morgan fingerprint density at radius 2 is 1.81 bits per heavy atom. The number of para-hydroxylation sites is 1. The average molecular weight is 459 g/mol. The van der Waals surface area contributed by atoms with Crippen LogP contribution in [0.3, 0.4) is 0 Å². The molecule has 2 N–H and O–H groups in total. The maximum atomic E-state index is 12.7. The van der Waals surface area contributed by atoms with E-state index in [0.29, 0.717) is 18.1 Å². The maximum Gasteiger partial charge on any atom is 0.340 e. The molecule has 0 unspecified atom stereocenters. The van der Waals surface area contributed by atoms with Gasteiger partial charge in [-0.05, 0) is 50.2 Å². The van der Waals surface area contributed by atoms with Gasteiger partial charge in [0, 0.05) is 6.07 Å². The van der Waals surface area contributed by atoms with E-state index < -0.39 is 28.5 Å². The highest BCUT2D eigenvalue weighted by molar-refractivity contribution is 7.92. The van der Waals surface area contributed by atoms with Gasteiger partial charge in [-0.25, -0.2) is 13.2 Å². The molecule has 0 fully saturated rings. The topological polar surface area (TPSA) is 137 Å². The Kier molecular flexibility index (Phi) is 7.11. The van der Waals surface area contributed by atoms with E-state index in [0.717, 1.165) is 0 Å². The number of benzene rings is 2. The van der Waals surface area contributed by atoms with Crippen LogP contribution in [-0.4, -0.2) is 38.7 Å². The van der Waals surface area contributed by atoms with Crippen LogP contribution in [-0.2, 0) is 19.6 Å². The van der Waals surface area contributed by atoms with Gasteiger partial charge in [0.2, 0.25) is 0 Å². The Hall–Kier alpha value is -3.86. The summed E-state index contributed by atoms with van der Waals surface area (Å²) in [5.74, 6) is -0.270. The molecule has 0 saturated heterocycles. The fourth-order valence-electron chi connectivity index (χ4n) is 2.65. The van der Waals surface area contributed by atoms with E-state index in [9.17, 15) is 18.0 Å². The molecule has 1 amide bonds. The first kappa shape index (κ1) is 22.8. The predicted molar refractivity (Wildman–Crippen MR) is 115 cm³/mol. The molecule has 168 valence electrons. The van der Waals surface area contributed by atoms with Crippen molar-refractivity contribution in [3.8, 4) is 5.75 Å². The molecule has 0 radical (unpaired) electrons. The molecule has 0 atom stereocenters. The number of aryl methyl sites for hydroxylation is 1. The second-order valence-corrected chi connectivity index (χ2v) is 8.19. The molecule has 0 bridgehead atoms. The van der Waals surface area contributed by atoms with Crippen molar-refractivity contribution in [2.24, 2.45) is 0 Å². The Bertz CT molecular complexity index is 1200. The third-order valence-electron chi connectivity index (χ3n) is 4.07. The quantitative estimate of drug-likeness (QED) is 0.466. The molecule has 0 aliphatic carbocycles. The number of hydrogen-bond acceptors (Lipinski definition) is 8. The van der Waals surface area contributed by atoms with Crippen LogP contribution in [0.1, 0.15) is 23.0 Å². The number of ether oxygens (including phenoxy) is 2. The Balaban J connectivity index is 1.67. The zero-order chi connectivity index (χ0) is 23.1. The molecule has 32 heavy (non-hydrogen) atoms. The molecule has 2 aromatic carbocycles. The minimum absolute atomic E-state index is 0.00796. The summed E-state index contributed by atoms with van der Waals surface area (Å²) in [6, 6.07) is 13.3. The molecule has 3 aromatic rings. The third kappa shape index (κ3) is 5.85. The van der Waals surface area contributed by atoms with Crippen molar-refractivity contribution < 1.29 is 32.0 Å². The number of hydrogen-bond donors (Lipinski definition) is 2.